The molecule has 0 aliphatic carbocycles. The second-order valence-corrected chi connectivity index (χ2v) is 6.94. The van der Waals surface area contributed by atoms with Crippen molar-refractivity contribution >= 4 is 16.7 Å². The Morgan fingerprint density at radius 1 is 1.00 bits per heavy atom. The largest absolute Gasteiger partial charge is 0.396 e. The van der Waals surface area contributed by atoms with Gasteiger partial charge in [0.15, 0.2) is 17.5 Å². The molecule has 0 spiro atoms. The van der Waals surface area contributed by atoms with Gasteiger partial charge >= 0.3 is 0 Å². The number of aliphatic hydroxyl groups excluding tert-OH is 1. The van der Waals surface area contributed by atoms with Crippen LogP contribution in [-0.4, -0.2) is 40.3 Å². The zero-order valence-corrected chi connectivity index (χ0v) is 16.4. The number of fused-ring (bicyclic) bond motifs is 1. The number of nitrogens with zero attached hydrogens (tertiary/aromatic N) is 4. The maximum atomic E-state index is 14.3. The third-order valence-electron chi connectivity index (χ3n) is 4.87. The SMILES string of the molecule is CN(CCCO)c1nc(-c2cccnc2)nc2ccc(-c3cccc(F)c3F)cc12. The average molecular weight is 406 g/mol. The summed E-state index contributed by atoms with van der Waals surface area (Å²) in [5, 5.41) is 9.92. The van der Waals surface area contributed by atoms with Crippen molar-refractivity contribution < 1.29 is 13.9 Å². The lowest BCUT2D eigenvalue weighted by Gasteiger charge is -2.20. The highest BCUT2D eigenvalue weighted by Gasteiger charge is 2.16. The number of benzene rings is 2. The van der Waals surface area contributed by atoms with Gasteiger partial charge in [0.1, 0.15) is 5.82 Å². The Bertz CT molecular complexity index is 1180. The molecule has 2 aromatic carbocycles. The van der Waals surface area contributed by atoms with Crippen LogP contribution in [0.4, 0.5) is 14.6 Å². The molecule has 0 atom stereocenters. The molecule has 1 N–H and O–H groups in total. The van der Waals surface area contributed by atoms with Gasteiger partial charge in [-0.1, -0.05) is 18.2 Å². The molecule has 0 fully saturated rings. The Morgan fingerprint density at radius 3 is 2.63 bits per heavy atom. The predicted octanol–water partition coefficient (Wildman–Crippen LogP) is 4.46. The molecule has 4 rings (SSSR count). The highest BCUT2D eigenvalue weighted by molar-refractivity contribution is 5.94. The van der Waals surface area contributed by atoms with E-state index in [2.05, 4.69) is 9.97 Å². The summed E-state index contributed by atoms with van der Waals surface area (Å²) >= 11 is 0. The number of pyridine rings is 1. The van der Waals surface area contributed by atoms with E-state index in [1.807, 2.05) is 24.1 Å². The lowest BCUT2D eigenvalue weighted by Crippen LogP contribution is -2.21. The molecule has 30 heavy (non-hydrogen) atoms. The van der Waals surface area contributed by atoms with Crippen LogP contribution in [0.25, 0.3) is 33.4 Å². The first kappa shape index (κ1) is 19.8. The van der Waals surface area contributed by atoms with Gasteiger partial charge in [0.25, 0.3) is 0 Å². The molecule has 5 nitrogen and oxygen atoms in total. The standard InChI is InChI=1S/C23H20F2N4O/c1-29(11-4-12-30)23-18-13-15(17-6-2-7-19(24)21(17)25)8-9-20(18)27-22(28-23)16-5-3-10-26-14-16/h2-3,5-10,13-14,30H,4,11-12H2,1H3. The molecule has 7 heteroatoms. The van der Waals surface area contributed by atoms with Crippen LogP contribution in [0.2, 0.25) is 0 Å². The predicted molar refractivity (Wildman–Crippen MR) is 113 cm³/mol. The maximum Gasteiger partial charge on any atom is 0.166 e. The number of aliphatic hydroxyl groups is 1. The summed E-state index contributed by atoms with van der Waals surface area (Å²) in [6, 6.07) is 13.1. The van der Waals surface area contributed by atoms with Gasteiger partial charge < -0.3 is 10.0 Å². The molecular weight excluding hydrogens is 386 g/mol. The Kier molecular flexibility index (Phi) is 5.63. The highest BCUT2D eigenvalue weighted by Crippen LogP contribution is 2.32. The van der Waals surface area contributed by atoms with Gasteiger partial charge in [-0.05, 0) is 42.3 Å². The van der Waals surface area contributed by atoms with Crippen molar-refractivity contribution in [2.75, 3.05) is 25.1 Å². The van der Waals surface area contributed by atoms with Gasteiger partial charge in [-0.2, -0.15) is 0 Å². The topological polar surface area (TPSA) is 62.1 Å². The fourth-order valence-electron chi connectivity index (χ4n) is 3.34. The lowest BCUT2D eigenvalue weighted by molar-refractivity contribution is 0.290. The zero-order valence-electron chi connectivity index (χ0n) is 16.4. The quantitative estimate of drug-likeness (QED) is 0.512. The summed E-state index contributed by atoms with van der Waals surface area (Å²) in [5.41, 5.74) is 2.16. The van der Waals surface area contributed by atoms with Gasteiger partial charge in [-0.3, -0.25) is 4.98 Å². The molecule has 0 amide bonds. The van der Waals surface area contributed by atoms with E-state index in [1.54, 1.807) is 36.7 Å². The number of hydrogen-bond acceptors (Lipinski definition) is 5. The van der Waals surface area contributed by atoms with Crippen LogP contribution in [0.5, 0.6) is 0 Å². The van der Waals surface area contributed by atoms with Gasteiger partial charge in [0.05, 0.1) is 5.52 Å². The summed E-state index contributed by atoms with van der Waals surface area (Å²) in [5.74, 6) is -0.618. The fourth-order valence-corrected chi connectivity index (χ4v) is 3.34. The molecule has 0 aliphatic heterocycles. The monoisotopic (exact) mass is 406 g/mol. The molecule has 0 unspecified atom stereocenters. The number of rotatable bonds is 6. The van der Waals surface area contributed by atoms with Crippen molar-refractivity contribution in [2.24, 2.45) is 0 Å². The molecule has 4 aromatic rings. The van der Waals surface area contributed by atoms with Crippen LogP contribution >= 0.6 is 0 Å². The van der Waals surface area contributed by atoms with E-state index in [1.165, 1.54) is 6.07 Å². The molecule has 152 valence electrons. The third-order valence-corrected chi connectivity index (χ3v) is 4.87. The molecule has 0 aliphatic rings. The van der Waals surface area contributed by atoms with E-state index in [-0.39, 0.29) is 12.2 Å². The van der Waals surface area contributed by atoms with E-state index in [0.29, 0.717) is 41.1 Å². The summed E-state index contributed by atoms with van der Waals surface area (Å²) in [4.78, 5) is 15.4. The van der Waals surface area contributed by atoms with E-state index in [0.717, 1.165) is 11.6 Å². The van der Waals surface area contributed by atoms with Crippen molar-refractivity contribution in [1.82, 2.24) is 15.0 Å². The van der Waals surface area contributed by atoms with Crippen molar-refractivity contribution in [3.8, 4) is 22.5 Å². The van der Waals surface area contributed by atoms with Crippen LogP contribution in [0.3, 0.4) is 0 Å². The van der Waals surface area contributed by atoms with Crippen LogP contribution in [0, 0.1) is 11.6 Å². The van der Waals surface area contributed by atoms with E-state index in [9.17, 15) is 13.9 Å². The first-order valence-electron chi connectivity index (χ1n) is 9.57. The van der Waals surface area contributed by atoms with Crippen LogP contribution in [-0.2, 0) is 0 Å². The van der Waals surface area contributed by atoms with E-state index >= 15 is 0 Å². The Hall–Kier alpha value is -3.45. The molecule has 0 bridgehead atoms. The second-order valence-electron chi connectivity index (χ2n) is 6.94. The maximum absolute atomic E-state index is 14.3. The molecular formula is C23H20F2N4O. The molecule has 0 radical (unpaired) electrons. The van der Waals surface area contributed by atoms with Gasteiger partial charge in [-0.15, -0.1) is 0 Å². The third kappa shape index (κ3) is 3.84. The zero-order chi connectivity index (χ0) is 21.1. The Morgan fingerprint density at radius 2 is 1.87 bits per heavy atom. The molecule has 0 saturated heterocycles. The van der Waals surface area contributed by atoms with Gasteiger partial charge in [0.2, 0.25) is 0 Å². The van der Waals surface area contributed by atoms with Crippen molar-refractivity contribution in [2.45, 2.75) is 6.42 Å². The first-order valence-corrected chi connectivity index (χ1v) is 9.57. The highest BCUT2D eigenvalue weighted by atomic mass is 19.2. The van der Waals surface area contributed by atoms with E-state index < -0.39 is 11.6 Å². The summed E-state index contributed by atoms with van der Waals surface area (Å²) < 4.78 is 28.1. The summed E-state index contributed by atoms with van der Waals surface area (Å²) in [6.07, 6.45) is 3.94. The Labute approximate surface area is 172 Å². The summed E-state index contributed by atoms with van der Waals surface area (Å²) in [7, 11) is 1.87. The van der Waals surface area contributed by atoms with Crippen molar-refractivity contribution in [3.63, 3.8) is 0 Å². The normalized spacial score (nSPS) is 11.1. The van der Waals surface area contributed by atoms with E-state index in [4.69, 9.17) is 4.98 Å². The van der Waals surface area contributed by atoms with Crippen LogP contribution in [0.1, 0.15) is 6.42 Å². The number of aromatic nitrogens is 3. The van der Waals surface area contributed by atoms with Gasteiger partial charge in [0, 0.05) is 49.1 Å². The average Bonchev–Trinajstić information content (AvgIpc) is 2.78. The number of anilines is 1. The van der Waals surface area contributed by atoms with Crippen LogP contribution < -0.4 is 4.90 Å². The smallest absolute Gasteiger partial charge is 0.166 e. The van der Waals surface area contributed by atoms with Gasteiger partial charge in [-0.25, -0.2) is 18.7 Å². The molecule has 2 aromatic heterocycles. The molecule has 0 saturated carbocycles. The number of halogens is 2. The minimum atomic E-state index is -0.893. The lowest BCUT2D eigenvalue weighted by atomic mass is 10.0. The first-order chi connectivity index (χ1) is 14.6. The summed E-state index contributed by atoms with van der Waals surface area (Å²) in [6.45, 7) is 0.635. The second kappa shape index (κ2) is 8.51. The fraction of sp³-hybridized carbons (Fsp3) is 0.174. The Balaban J connectivity index is 1.90. The minimum absolute atomic E-state index is 0.0581. The van der Waals surface area contributed by atoms with Crippen LogP contribution in [0.15, 0.2) is 60.9 Å². The van der Waals surface area contributed by atoms with Crippen molar-refractivity contribution in [3.05, 3.63) is 72.6 Å². The molecule has 2 heterocycles. The number of hydrogen-bond donors (Lipinski definition) is 1. The van der Waals surface area contributed by atoms with Crippen molar-refractivity contribution in [1.29, 1.82) is 0 Å². The minimum Gasteiger partial charge on any atom is -0.396 e.